The smallest absolute Gasteiger partial charge is 0.407 e. The maximum Gasteiger partial charge on any atom is 0.407 e. The summed E-state index contributed by atoms with van der Waals surface area (Å²) in [5.74, 6) is -1.16. The first-order chi connectivity index (χ1) is 14.5. The van der Waals surface area contributed by atoms with Gasteiger partial charge < -0.3 is 20.5 Å². The van der Waals surface area contributed by atoms with Gasteiger partial charge in [-0.15, -0.1) is 0 Å². The Morgan fingerprint density at radius 2 is 1.63 bits per heavy atom. The van der Waals surface area contributed by atoms with E-state index in [9.17, 15) is 14.4 Å². The molecule has 1 atom stereocenters. The molecule has 158 valence electrons. The molecule has 0 saturated carbocycles. The summed E-state index contributed by atoms with van der Waals surface area (Å²) < 4.78 is 5.47. The maximum absolute atomic E-state index is 12.2. The lowest BCUT2D eigenvalue weighted by molar-refractivity contribution is -0.137. The standard InChI is InChI=1S/C23H26N2O5/c1-15(13-21(26)24-12-6-11-22(27)28)25-23(29)30-14-20-18-9-4-2-7-16(18)17-8-3-5-10-19(17)20/h2-5,7-10,15,20H,6,11-14H2,1H3,(H,24,26)(H,25,29)(H,27,28). The van der Waals surface area contributed by atoms with Crippen molar-refractivity contribution in [1.29, 1.82) is 0 Å². The molecule has 3 N–H and O–H groups in total. The zero-order valence-corrected chi connectivity index (χ0v) is 16.9. The van der Waals surface area contributed by atoms with Gasteiger partial charge in [0, 0.05) is 31.3 Å². The normalized spacial score (nSPS) is 13.1. The van der Waals surface area contributed by atoms with Crippen LogP contribution in [0.1, 0.15) is 43.2 Å². The minimum Gasteiger partial charge on any atom is -0.481 e. The number of rotatable bonds is 9. The van der Waals surface area contributed by atoms with Gasteiger partial charge in [0.2, 0.25) is 5.91 Å². The van der Waals surface area contributed by atoms with Crippen LogP contribution in [-0.4, -0.2) is 42.3 Å². The molecule has 0 radical (unpaired) electrons. The SMILES string of the molecule is CC(CC(=O)NCCCC(=O)O)NC(=O)OCC1c2ccccc2-c2ccccc21. The van der Waals surface area contributed by atoms with Crippen LogP contribution in [0.2, 0.25) is 0 Å². The maximum atomic E-state index is 12.2. The molecule has 7 heteroatoms. The molecule has 2 aromatic carbocycles. The zero-order chi connectivity index (χ0) is 21.5. The van der Waals surface area contributed by atoms with Gasteiger partial charge in [-0.25, -0.2) is 4.79 Å². The van der Waals surface area contributed by atoms with E-state index in [1.54, 1.807) is 6.92 Å². The second kappa shape index (κ2) is 9.91. The summed E-state index contributed by atoms with van der Waals surface area (Å²) in [5.41, 5.74) is 4.60. The summed E-state index contributed by atoms with van der Waals surface area (Å²) in [5, 5.41) is 13.9. The fourth-order valence-corrected chi connectivity index (χ4v) is 3.71. The number of ether oxygens (including phenoxy) is 1. The highest BCUT2D eigenvalue weighted by Crippen LogP contribution is 2.44. The van der Waals surface area contributed by atoms with Crippen molar-refractivity contribution in [2.24, 2.45) is 0 Å². The highest BCUT2D eigenvalue weighted by molar-refractivity contribution is 5.79. The molecule has 0 bridgehead atoms. The van der Waals surface area contributed by atoms with Gasteiger partial charge in [-0.2, -0.15) is 0 Å². The Bertz CT molecular complexity index is 882. The fourth-order valence-electron chi connectivity index (χ4n) is 3.71. The molecule has 2 amide bonds. The van der Waals surface area contributed by atoms with E-state index in [2.05, 4.69) is 34.9 Å². The molecule has 30 heavy (non-hydrogen) atoms. The molecule has 0 saturated heterocycles. The van der Waals surface area contributed by atoms with Crippen molar-refractivity contribution in [2.75, 3.05) is 13.2 Å². The number of amides is 2. The van der Waals surface area contributed by atoms with Gasteiger partial charge in [-0.05, 0) is 35.6 Å². The molecule has 1 unspecified atom stereocenters. The van der Waals surface area contributed by atoms with E-state index in [4.69, 9.17) is 9.84 Å². The predicted octanol–water partition coefficient (Wildman–Crippen LogP) is 3.28. The fraction of sp³-hybridized carbons (Fsp3) is 0.348. The van der Waals surface area contributed by atoms with Gasteiger partial charge >= 0.3 is 12.1 Å². The van der Waals surface area contributed by atoms with Crippen LogP contribution in [0.5, 0.6) is 0 Å². The van der Waals surface area contributed by atoms with E-state index in [1.807, 2.05) is 24.3 Å². The van der Waals surface area contributed by atoms with E-state index >= 15 is 0 Å². The van der Waals surface area contributed by atoms with Gasteiger partial charge in [0.15, 0.2) is 0 Å². The van der Waals surface area contributed by atoms with E-state index < -0.39 is 18.1 Å². The van der Waals surface area contributed by atoms with Gasteiger partial charge in [-0.1, -0.05) is 48.5 Å². The van der Waals surface area contributed by atoms with Gasteiger partial charge in [0.25, 0.3) is 0 Å². The molecule has 2 aromatic rings. The number of hydrogen-bond donors (Lipinski definition) is 3. The number of hydrogen-bond acceptors (Lipinski definition) is 4. The van der Waals surface area contributed by atoms with Crippen LogP contribution in [0.3, 0.4) is 0 Å². The molecule has 0 fully saturated rings. The lowest BCUT2D eigenvalue weighted by Crippen LogP contribution is -2.38. The van der Waals surface area contributed by atoms with Crippen LogP contribution in [0.15, 0.2) is 48.5 Å². The van der Waals surface area contributed by atoms with Gasteiger partial charge in [0.05, 0.1) is 0 Å². The summed E-state index contributed by atoms with van der Waals surface area (Å²) in [6, 6.07) is 15.8. The van der Waals surface area contributed by atoms with Crippen molar-refractivity contribution in [3.63, 3.8) is 0 Å². The third kappa shape index (κ3) is 5.37. The third-order valence-corrected chi connectivity index (χ3v) is 5.09. The molecule has 7 nitrogen and oxygen atoms in total. The molecule has 0 spiro atoms. The lowest BCUT2D eigenvalue weighted by atomic mass is 9.98. The Morgan fingerprint density at radius 1 is 1.03 bits per heavy atom. The summed E-state index contributed by atoms with van der Waals surface area (Å²) >= 11 is 0. The number of fused-ring (bicyclic) bond motifs is 3. The van der Waals surface area contributed by atoms with Gasteiger partial charge in [0.1, 0.15) is 6.61 Å². The van der Waals surface area contributed by atoms with E-state index in [1.165, 1.54) is 0 Å². The van der Waals surface area contributed by atoms with Crippen molar-refractivity contribution < 1.29 is 24.2 Å². The number of carboxylic acid groups (broad SMARTS) is 1. The van der Waals surface area contributed by atoms with Crippen molar-refractivity contribution in [2.45, 2.75) is 38.1 Å². The Labute approximate surface area is 175 Å². The van der Waals surface area contributed by atoms with Crippen LogP contribution >= 0.6 is 0 Å². The third-order valence-electron chi connectivity index (χ3n) is 5.09. The zero-order valence-electron chi connectivity index (χ0n) is 16.9. The highest BCUT2D eigenvalue weighted by atomic mass is 16.5. The molecule has 3 rings (SSSR count). The highest BCUT2D eigenvalue weighted by Gasteiger charge is 2.29. The molecule has 1 aliphatic rings. The lowest BCUT2D eigenvalue weighted by Gasteiger charge is -2.17. The number of carbonyl (C=O) groups excluding carboxylic acids is 2. The van der Waals surface area contributed by atoms with Crippen LogP contribution < -0.4 is 10.6 Å². The van der Waals surface area contributed by atoms with E-state index in [0.29, 0.717) is 13.0 Å². The molecule has 0 aromatic heterocycles. The first kappa shape index (κ1) is 21.4. The Balaban J connectivity index is 1.47. The second-order valence-electron chi connectivity index (χ2n) is 7.42. The topological polar surface area (TPSA) is 105 Å². The quantitative estimate of drug-likeness (QED) is 0.550. The molecule has 1 aliphatic carbocycles. The van der Waals surface area contributed by atoms with E-state index in [0.717, 1.165) is 22.3 Å². The van der Waals surface area contributed by atoms with Crippen LogP contribution in [0.4, 0.5) is 4.79 Å². The Hall–Kier alpha value is -3.35. The average Bonchev–Trinajstić information content (AvgIpc) is 3.03. The molecule has 0 heterocycles. The first-order valence-electron chi connectivity index (χ1n) is 10.1. The van der Waals surface area contributed by atoms with Crippen LogP contribution in [0, 0.1) is 0 Å². The Kier molecular flexibility index (Phi) is 7.06. The first-order valence-corrected chi connectivity index (χ1v) is 10.1. The summed E-state index contributed by atoms with van der Waals surface area (Å²) in [6.45, 7) is 2.23. The number of carbonyl (C=O) groups is 3. The molecule has 0 aliphatic heterocycles. The van der Waals surface area contributed by atoms with Crippen molar-refractivity contribution in [3.8, 4) is 11.1 Å². The van der Waals surface area contributed by atoms with Crippen molar-refractivity contribution in [3.05, 3.63) is 59.7 Å². The number of carboxylic acids is 1. The minimum atomic E-state index is -0.894. The number of aliphatic carboxylic acids is 1. The average molecular weight is 410 g/mol. The van der Waals surface area contributed by atoms with Crippen molar-refractivity contribution in [1.82, 2.24) is 10.6 Å². The monoisotopic (exact) mass is 410 g/mol. The molecular weight excluding hydrogens is 384 g/mol. The summed E-state index contributed by atoms with van der Waals surface area (Å²) in [7, 11) is 0. The largest absolute Gasteiger partial charge is 0.481 e. The predicted molar refractivity (Wildman–Crippen MR) is 112 cm³/mol. The molecular formula is C23H26N2O5. The van der Waals surface area contributed by atoms with Crippen molar-refractivity contribution >= 4 is 18.0 Å². The van der Waals surface area contributed by atoms with Gasteiger partial charge in [-0.3, -0.25) is 9.59 Å². The number of benzene rings is 2. The summed E-state index contributed by atoms with van der Waals surface area (Å²) in [4.78, 5) is 34.6. The minimum absolute atomic E-state index is 0.00777. The number of alkyl carbamates (subject to hydrolysis) is 1. The van der Waals surface area contributed by atoms with Crippen LogP contribution in [0.25, 0.3) is 11.1 Å². The number of nitrogens with one attached hydrogen (secondary N) is 2. The summed E-state index contributed by atoms with van der Waals surface area (Å²) in [6.07, 6.45) is -0.0940. The second-order valence-corrected chi connectivity index (χ2v) is 7.42. The Morgan fingerprint density at radius 3 is 2.23 bits per heavy atom. The van der Waals surface area contributed by atoms with E-state index in [-0.39, 0.29) is 31.3 Å². The van der Waals surface area contributed by atoms with Crippen LogP contribution in [-0.2, 0) is 14.3 Å².